The summed E-state index contributed by atoms with van der Waals surface area (Å²) in [6, 6.07) is 28.4. The molecule has 0 aliphatic rings. The second-order valence-electron chi connectivity index (χ2n) is 7.30. The lowest BCUT2D eigenvalue weighted by Crippen LogP contribution is -2.50. The van der Waals surface area contributed by atoms with Gasteiger partial charge in [-0.25, -0.2) is 0 Å². The van der Waals surface area contributed by atoms with Crippen molar-refractivity contribution >= 4 is 17.3 Å². The Morgan fingerprint density at radius 1 is 0.903 bits per heavy atom. The van der Waals surface area contributed by atoms with E-state index in [1.165, 1.54) is 7.11 Å². The van der Waals surface area contributed by atoms with E-state index in [1.807, 2.05) is 91.0 Å². The first-order chi connectivity index (χ1) is 15.1. The number of rotatable bonds is 10. The predicted octanol–water partition coefficient (Wildman–Crippen LogP) is 3.85. The molecule has 0 fully saturated rings. The van der Waals surface area contributed by atoms with Crippen molar-refractivity contribution in [2.45, 2.75) is 25.2 Å². The summed E-state index contributed by atoms with van der Waals surface area (Å²) in [5, 5.41) is 0. The average Bonchev–Trinajstić information content (AvgIpc) is 2.80. The van der Waals surface area contributed by atoms with Gasteiger partial charge in [-0.15, -0.1) is 4.72 Å². The molecule has 0 amide bonds. The maximum absolute atomic E-state index is 13.1. The molecule has 5 nitrogen and oxygen atoms in total. The Morgan fingerprint density at radius 3 is 1.77 bits per heavy atom. The van der Waals surface area contributed by atoms with Crippen molar-refractivity contribution in [2.75, 3.05) is 13.4 Å². The molecule has 3 rings (SSSR count). The van der Waals surface area contributed by atoms with Gasteiger partial charge in [0.2, 0.25) is 0 Å². The summed E-state index contributed by atoms with van der Waals surface area (Å²) in [5.41, 5.74) is 3.03. The van der Waals surface area contributed by atoms with Crippen LogP contribution in [0.1, 0.15) is 22.7 Å². The fraction of sp³-hybridized carbons (Fsp3) is 0.240. The van der Waals surface area contributed by atoms with Crippen LogP contribution in [0, 0.1) is 0 Å². The van der Waals surface area contributed by atoms with E-state index in [9.17, 15) is 9.35 Å². The van der Waals surface area contributed by atoms with Crippen LogP contribution in [0.4, 0.5) is 0 Å². The van der Waals surface area contributed by atoms with Gasteiger partial charge in [-0.1, -0.05) is 91.0 Å². The molecule has 0 aromatic heterocycles. The smallest absolute Gasteiger partial charge is 0.325 e. The zero-order chi connectivity index (χ0) is 22.1. The van der Waals surface area contributed by atoms with E-state index in [2.05, 4.69) is 9.62 Å². The van der Waals surface area contributed by atoms with Gasteiger partial charge < -0.3 is 9.29 Å². The highest BCUT2D eigenvalue weighted by Crippen LogP contribution is 2.26. The molecule has 0 heterocycles. The van der Waals surface area contributed by atoms with Gasteiger partial charge in [0, 0.05) is 24.5 Å². The van der Waals surface area contributed by atoms with Crippen molar-refractivity contribution in [1.29, 1.82) is 0 Å². The van der Waals surface area contributed by atoms with Gasteiger partial charge in [0.1, 0.15) is 18.3 Å². The molecule has 0 aliphatic heterocycles. The molecule has 0 unspecified atom stereocenters. The predicted molar refractivity (Wildman–Crippen MR) is 124 cm³/mol. The lowest BCUT2D eigenvalue weighted by Gasteiger charge is -2.35. The van der Waals surface area contributed by atoms with Crippen molar-refractivity contribution in [1.82, 2.24) is 9.62 Å². The molecule has 31 heavy (non-hydrogen) atoms. The van der Waals surface area contributed by atoms with Crippen LogP contribution < -0.4 is 4.72 Å². The van der Waals surface area contributed by atoms with E-state index >= 15 is 0 Å². The molecule has 0 spiro atoms. The number of esters is 1. The third-order valence-electron chi connectivity index (χ3n) is 5.06. The van der Waals surface area contributed by atoms with E-state index in [0.29, 0.717) is 13.1 Å². The van der Waals surface area contributed by atoms with Crippen LogP contribution in [-0.4, -0.2) is 34.8 Å². The lowest BCUT2D eigenvalue weighted by atomic mass is 9.97. The minimum absolute atomic E-state index is 0.376. The standard InChI is InChI=1S/C25H28N2O3S/c1-30-25(28)24(23(26-31(2)29)22-16-10-5-11-17-22)27(18-20-12-6-3-7-13-20)19-21-14-8-4-9-15-21/h3-17,23-24,26H,18-19H2,1-2H3/t23-,24+,31-/m0/s1. The van der Waals surface area contributed by atoms with E-state index in [4.69, 9.17) is 4.74 Å². The fourth-order valence-corrected chi connectivity index (χ4v) is 4.28. The summed E-state index contributed by atoms with van der Waals surface area (Å²) >= 11 is -1.33. The third kappa shape index (κ3) is 6.67. The summed E-state index contributed by atoms with van der Waals surface area (Å²) in [5.74, 6) is -0.376. The van der Waals surface area contributed by atoms with Crippen molar-refractivity contribution < 1.29 is 14.1 Å². The molecule has 6 heteroatoms. The SMILES string of the molecule is COC(=O)[C@@H]([C@@H](N[S@+](C)[O-])c1ccccc1)N(Cc1ccccc1)Cc1ccccc1. The van der Waals surface area contributed by atoms with E-state index in [-0.39, 0.29) is 5.97 Å². The summed E-state index contributed by atoms with van der Waals surface area (Å²) in [6.45, 7) is 1.08. The van der Waals surface area contributed by atoms with Gasteiger partial charge in [0.05, 0.1) is 7.11 Å². The minimum atomic E-state index is -1.33. The molecular formula is C25H28N2O3S. The Bertz CT molecular complexity index is 882. The molecule has 0 saturated heterocycles. The quantitative estimate of drug-likeness (QED) is 0.386. The zero-order valence-corrected chi connectivity index (χ0v) is 18.6. The fourth-order valence-electron chi connectivity index (χ4n) is 3.66. The Labute approximate surface area is 187 Å². The zero-order valence-electron chi connectivity index (χ0n) is 17.8. The van der Waals surface area contributed by atoms with E-state index in [0.717, 1.165) is 16.7 Å². The van der Waals surface area contributed by atoms with Gasteiger partial charge in [-0.3, -0.25) is 9.69 Å². The number of hydrogen-bond donors (Lipinski definition) is 1. The molecule has 3 aromatic rings. The molecule has 3 atom stereocenters. The summed E-state index contributed by atoms with van der Waals surface area (Å²) < 4.78 is 20.5. The lowest BCUT2D eigenvalue weighted by molar-refractivity contribution is -0.148. The second-order valence-corrected chi connectivity index (χ2v) is 8.45. The Kier molecular flexibility index (Phi) is 8.67. The summed E-state index contributed by atoms with van der Waals surface area (Å²) in [4.78, 5) is 15.2. The number of benzene rings is 3. The number of hydrogen-bond acceptors (Lipinski definition) is 5. The van der Waals surface area contributed by atoms with Gasteiger partial charge >= 0.3 is 5.97 Å². The normalized spacial score (nSPS) is 14.1. The first-order valence-electron chi connectivity index (χ1n) is 10.1. The number of ether oxygens (including phenoxy) is 1. The summed E-state index contributed by atoms with van der Waals surface area (Å²) in [6.07, 6.45) is 1.57. The number of nitrogens with one attached hydrogen (secondary N) is 1. The molecule has 3 aromatic carbocycles. The highest BCUT2D eigenvalue weighted by Gasteiger charge is 2.38. The van der Waals surface area contributed by atoms with Crippen LogP contribution in [0.2, 0.25) is 0 Å². The van der Waals surface area contributed by atoms with Crippen molar-refractivity contribution in [3.05, 3.63) is 108 Å². The topological polar surface area (TPSA) is 64.6 Å². The van der Waals surface area contributed by atoms with Gasteiger partial charge in [0.25, 0.3) is 0 Å². The molecular weight excluding hydrogens is 408 g/mol. The first kappa shape index (κ1) is 23.0. The van der Waals surface area contributed by atoms with Crippen molar-refractivity contribution in [3.63, 3.8) is 0 Å². The van der Waals surface area contributed by atoms with Crippen molar-refractivity contribution in [3.8, 4) is 0 Å². The van der Waals surface area contributed by atoms with Crippen molar-refractivity contribution in [2.24, 2.45) is 0 Å². The molecule has 0 aliphatic carbocycles. The van der Waals surface area contributed by atoms with Crippen LogP contribution in [-0.2, 0) is 34.0 Å². The van der Waals surface area contributed by atoms with Crippen LogP contribution in [0.25, 0.3) is 0 Å². The monoisotopic (exact) mass is 436 g/mol. The molecule has 0 saturated carbocycles. The van der Waals surface area contributed by atoms with E-state index in [1.54, 1.807) is 6.26 Å². The van der Waals surface area contributed by atoms with Crippen LogP contribution in [0.3, 0.4) is 0 Å². The molecule has 1 N–H and O–H groups in total. The highest BCUT2D eigenvalue weighted by molar-refractivity contribution is 7.88. The van der Waals surface area contributed by atoms with Crippen LogP contribution >= 0.6 is 0 Å². The van der Waals surface area contributed by atoms with Gasteiger partial charge in [-0.2, -0.15) is 0 Å². The number of methoxy groups -OCH3 is 1. The molecule has 162 valence electrons. The largest absolute Gasteiger partial charge is 0.598 e. The number of carbonyl (C=O) groups is 1. The van der Waals surface area contributed by atoms with Gasteiger partial charge in [-0.05, 0) is 16.7 Å². The van der Waals surface area contributed by atoms with Gasteiger partial charge in [0.15, 0.2) is 0 Å². The minimum Gasteiger partial charge on any atom is -0.598 e. The molecule has 0 radical (unpaired) electrons. The molecule has 0 bridgehead atoms. The number of nitrogens with zero attached hydrogens (tertiary/aromatic N) is 1. The Morgan fingerprint density at radius 2 is 1.35 bits per heavy atom. The average molecular weight is 437 g/mol. The maximum Gasteiger partial charge on any atom is 0.325 e. The third-order valence-corrected chi connectivity index (χ3v) is 5.65. The Hall–Kier alpha value is -2.64. The summed E-state index contributed by atoms with van der Waals surface area (Å²) in [7, 11) is 1.39. The van der Waals surface area contributed by atoms with E-state index < -0.39 is 23.4 Å². The number of carbonyl (C=O) groups excluding carboxylic acids is 1. The first-order valence-corrected chi connectivity index (χ1v) is 11.7. The highest BCUT2D eigenvalue weighted by atomic mass is 32.2. The Balaban J connectivity index is 2.04. The maximum atomic E-state index is 13.1. The van der Waals surface area contributed by atoms with Crippen LogP contribution in [0.5, 0.6) is 0 Å². The van der Waals surface area contributed by atoms with Crippen LogP contribution in [0.15, 0.2) is 91.0 Å². The second kappa shape index (κ2) is 11.7.